The molecule has 0 amide bonds. The number of nitrogens with one attached hydrogen (secondary N) is 2. The number of nitrogens with zero attached hydrogens (tertiary/aromatic N) is 5. The van der Waals surface area contributed by atoms with Crippen molar-refractivity contribution < 1.29 is 0 Å². The monoisotopic (exact) mass is 335 g/mol. The molecule has 0 fully saturated rings. The summed E-state index contributed by atoms with van der Waals surface area (Å²) >= 11 is 1.67. The molecule has 2 rings (SSSR count). The summed E-state index contributed by atoms with van der Waals surface area (Å²) in [6, 6.07) is 0. The molecule has 0 unspecified atom stereocenters. The van der Waals surface area contributed by atoms with E-state index < -0.39 is 0 Å². The number of rotatable bonds is 5. The molecule has 2 N–H and O–H groups in total. The van der Waals surface area contributed by atoms with Gasteiger partial charge in [-0.15, -0.1) is 11.3 Å². The van der Waals surface area contributed by atoms with E-state index in [1.165, 1.54) is 6.33 Å². The highest BCUT2D eigenvalue weighted by atomic mass is 32.1. The molecule has 0 aliphatic carbocycles. The maximum atomic E-state index is 4.68. The Kier molecular flexibility index (Phi) is 5.70. The largest absolute Gasteiger partial charge is 0.357 e. The van der Waals surface area contributed by atoms with Crippen LogP contribution in [0.1, 0.15) is 44.2 Å². The highest BCUT2D eigenvalue weighted by Crippen LogP contribution is 2.23. The van der Waals surface area contributed by atoms with E-state index in [0.29, 0.717) is 13.1 Å². The van der Waals surface area contributed by atoms with Crippen LogP contribution in [0.15, 0.2) is 16.7 Å². The van der Waals surface area contributed by atoms with Crippen molar-refractivity contribution in [2.45, 2.75) is 46.2 Å². The Balaban J connectivity index is 1.96. The lowest BCUT2D eigenvalue weighted by atomic mass is 9.93. The second kappa shape index (κ2) is 7.54. The molecule has 0 spiro atoms. The van der Waals surface area contributed by atoms with E-state index in [-0.39, 0.29) is 5.41 Å². The topological polar surface area (TPSA) is 80.0 Å². The van der Waals surface area contributed by atoms with Crippen LogP contribution in [0.3, 0.4) is 0 Å². The summed E-state index contributed by atoms with van der Waals surface area (Å²) in [6.07, 6.45) is 1.54. The Morgan fingerprint density at radius 3 is 2.70 bits per heavy atom. The van der Waals surface area contributed by atoms with Crippen molar-refractivity contribution in [3.63, 3.8) is 0 Å². The predicted octanol–water partition coefficient (Wildman–Crippen LogP) is 1.82. The van der Waals surface area contributed by atoms with E-state index in [4.69, 9.17) is 0 Å². The van der Waals surface area contributed by atoms with Crippen LogP contribution < -0.4 is 10.6 Å². The SMILES string of the molecule is CCNC(=NCc1ncnn1C)NCc1nc(C(C)(C)C)cs1. The molecule has 0 saturated carbocycles. The zero-order valence-corrected chi connectivity index (χ0v) is 15.2. The van der Waals surface area contributed by atoms with Gasteiger partial charge in [-0.2, -0.15) is 5.10 Å². The molecule has 23 heavy (non-hydrogen) atoms. The number of hydrogen-bond acceptors (Lipinski definition) is 5. The molecular formula is C15H25N7S. The standard InChI is InChI=1S/C15H25N7S/c1-6-16-14(17-7-12-19-10-20-22(12)5)18-8-13-21-11(9-23-13)15(2,3)4/h9-10H,6-8H2,1-5H3,(H2,16,17,18). The fourth-order valence-electron chi connectivity index (χ4n) is 1.85. The fourth-order valence-corrected chi connectivity index (χ4v) is 2.81. The summed E-state index contributed by atoms with van der Waals surface area (Å²) in [4.78, 5) is 13.4. The summed E-state index contributed by atoms with van der Waals surface area (Å²) in [5.41, 5.74) is 1.21. The van der Waals surface area contributed by atoms with E-state index in [1.54, 1.807) is 16.0 Å². The van der Waals surface area contributed by atoms with Crippen LogP contribution in [0, 0.1) is 0 Å². The second-order valence-electron chi connectivity index (χ2n) is 6.23. The van der Waals surface area contributed by atoms with Gasteiger partial charge in [-0.1, -0.05) is 20.8 Å². The Morgan fingerprint density at radius 2 is 2.13 bits per heavy atom. The zero-order valence-electron chi connectivity index (χ0n) is 14.4. The highest BCUT2D eigenvalue weighted by Gasteiger charge is 2.17. The lowest BCUT2D eigenvalue weighted by molar-refractivity contribution is 0.570. The van der Waals surface area contributed by atoms with E-state index in [0.717, 1.165) is 29.0 Å². The van der Waals surface area contributed by atoms with Crippen molar-refractivity contribution in [2.75, 3.05) is 6.54 Å². The van der Waals surface area contributed by atoms with E-state index >= 15 is 0 Å². The molecule has 8 heteroatoms. The van der Waals surface area contributed by atoms with Crippen molar-refractivity contribution in [1.82, 2.24) is 30.4 Å². The van der Waals surface area contributed by atoms with Gasteiger partial charge in [0.05, 0.1) is 12.2 Å². The molecule has 2 heterocycles. The molecule has 0 atom stereocenters. The van der Waals surface area contributed by atoms with Gasteiger partial charge in [-0.3, -0.25) is 4.68 Å². The lowest BCUT2D eigenvalue weighted by Gasteiger charge is -2.14. The molecule has 2 aromatic heterocycles. The van der Waals surface area contributed by atoms with Crippen LogP contribution in [0.2, 0.25) is 0 Å². The van der Waals surface area contributed by atoms with Gasteiger partial charge in [-0.05, 0) is 6.92 Å². The molecule has 0 aromatic carbocycles. The van der Waals surface area contributed by atoms with E-state index in [1.807, 2.05) is 14.0 Å². The Morgan fingerprint density at radius 1 is 1.35 bits per heavy atom. The number of guanidine groups is 1. The molecule has 7 nitrogen and oxygen atoms in total. The average molecular weight is 335 g/mol. The molecule has 126 valence electrons. The van der Waals surface area contributed by atoms with Crippen molar-refractivity contribution in [3.05, 3.63) is 28.2 Å². The summed E-state index contributed by atoms with van der Waals surface area (Å²) < 4.78 is 1.73. The van der Waals surface area contributed by atoms with Gasteiger partial charge in [0.2, 0.25) is 0 Å². The second-order valence-corrected chi connectivity index (χ2v) is 7.17. The number of aromatic nitrogens is 4. The predicted molar refractivity (Wildman–Crippen MR) is 93.5 cm³/mol. The summed E-state index contributed by atoms with van der Waals surface area (Å²) in [5.74, 6) is 1.58. The summed E-state index contributed by atoms with van der Waals surface area (Å²) in [7, 11) is 1.86. The van der Waals surface area contributed by atoms with Gasteiger partial charge in [0.25, 0.3) is 0 Å². The van der Waals surface area contributed by atoms with Crippen molar-refractivity contribution in [1.29, 1.82) is 0 Å². The minimum absolute atomic E-state index is 0.0819. The van der Waals surface area contributed by atoms with Crippen molar-refractivity contribution >= 4 is 17.3 Å². The Labute approximate surface area is 141 Å². The van der Waals surface area contributed by atoms with Crippen molar-refractivity contribution in [2.24, 2.45) is 12.0 Å². The maximum absolute atomic E-state index is 4.68. The van der Waals surface area contributed by atoms with Gasteiger partial charge in [-0.25, -0.2) is 15.0 Å². The number of hydrogen-bond donors (Lipinski definition) is 2. The quantitative estimate of drug-likeness (QED) is 0.643. The van der Waals surface area contributed by atoms with E-state index in [9.17, 15) is 0 Å². The van der Waals surface area contributed by atoms with Crippen LogP contribution >= 0.6 is 11.3 Å². The van der Waals surface area contributed by atoms with Crippen LogP contribution in [0.4, 0.5) is 0 Å². The van der Waals surface area contributed by atoms with Crippen LogP contribution in [-0.2, 0) is 25.6 Å². The highest BCUT2D eigenvalue weighted by molar-refractivity contribution is 7.09. The third-order valence-electron chi connectivity index (χ3n) is 3.26. The third-order valence-corrected chi connectivity index (χ3v) is 4.10. The molecule has 0 aliphatic rings. The zero-order chi connectivity index (χ0) is 16.9. The Bertz CT molecular complexity index is 651. The van der Waals surface area contributed by atoms with E-state index in [2.05, 4.69) is 56.8 Å². The molecular weight excluding hydrogens is 310 g/mol. The smallest absolute Gasteiger partial charge is 0.192 e. The Hall–Kier alpha value is -1.96. The number of aliphatic imine (C=N–C) groups is 1. The van der Waals surface area contributed by atoms with Crippen molar-refractivity contribution in [3.8, 4) is 0 Å². The molecule has 0 bridgehead atoms. The summed E-state index contributed by atoms with van der Waals surface area (Å²) in [5, 5.41) is 13.8. The molecule has 0 radical (unpaired) electrons. The normalized spacial score (nSPS) is 12.5. The third kappa shape index (κ3) is 5.02. The molecule has 0 saturated heterocycles. The first kappa shape index (κ1) is 17.4. The van der Waals surface area contributed by atoms with Crippen LogP contribution in [-0.4, -0.2) is 32.3 Å². The first-order valence-electron chi connectivity index (χ1n) is 7.70. The molecule has 2 aromatic rings. The van der Waals surface area contributed by atoms with Crippen LogP contribution in [0.5, 0.6) is 0 Å². The van der Waals surface area contributed by atoms with Gasteiger partial charge >= 0.3 is 0 Å². The summed E-state index contributed by atoms with van der Waals surface area (Å²) in [6.45, 7) is 10.5. The number of thiazole rings is 1. The van der Waals surface area contributed by atoms with Gasteiger partial charge < -0.3 is 10.6 Å². The number of aryl methyl sites for hydroxylation is 1. The first-order valence-corrected chi connectivity index (χ1v) is 8.58. The fraction of sp³-hybridized carbons (Fsp3) is 0.600. The average Bonchev–Trinajstić information content (AvgIpc) is 3.10. The minimum Gasteiger partial charge on any atom is -0.357 e. The maximum Gasteiger partial charge on any atom is 0.192 e. The van der Waals surface area contributed by atoms with Gasteiger partial charge in [0.1, 0.15) is 23.7 Å². The van der Waals surface area contributed by atoms with Gasteiger partial charge in [0, 0.05) is 24.4 Å². The van der Waals surface area contributed by atoms with Gasteiger partial charge in [0.15, 0.2) is 5.96 Å². The first-order chi connectivity index (χ1) is 10.9. The van der Waals surface area contributed by atoms with Crippen LogP contribution in [0.25, 0.3) is 0 Å². The molecule has 0 aliphatic heterocycles. The minimum atomic E-state index is 0.0819. The lowest BCUT2D eigenvalue weighted by Crippen LogP contribution is -2.36.